The molecule has 2 heterocycles. The number of hydrogen-bond donors (Lipinski definition) is 0. The van der Waals surface area contributed by atoms with Crippen molar-refractivity contribution in [1.82, 2.24) is 4.98 Å². The summed E-state index contributed by atoms with van der Waals surface area (Å²) < 4.78 is 6.75. The Labute approximate surface area is 151 Å². The van der Waals surface area contributed by atoms with Crippen molar-refractivity contribution in [1.29, 1.82) is 0 Å². The van der Waals surface area contributed by atoms with Gasteiger partial charge in [-0.1, -0.05) is 35.3 Å². The fourth-order valence-corrected chi connectivity index (χ4v) is 3.31. The largest absolute Gasteiger partial charge is 0.368 e. The summed E-state index contributed by atoms with van der Waals surface area (Å²) in [6, 6.07) is 13.5. The summed E-state index contributed by atoms with van der Waals surface area (Å²) in [4.78, 5) is 19.3. The minimum atomic E-state index is -0.359. The highest BCUT2D eigenvalue weighted by molar-refractivity contribution is 9.10. The lowest BCUT2D eigenvalue weighted by atomic mass is 9.97. The third-order valence-electron chi connectivity index (χ3n) is 4.43. The fourth-order valence-electron chi connectivity index (χ4n) is 3.05. The zero-order valence-corrected chi connectivity index (χ0v) is 15.3. The van der Waals surface area contributed by atoms with E-state index in [0.29, 0.717) is 19.1 Å². The molecule has 1 aliphatic rings. The number of hydrogen-bond acceptors (Lipinski definition) is 3. The fraction of sp³-hybridized carbons (Fsp3) is 0.368. The second kappa shape index (κ2) is 7.90. The maximum Gasteiger partial charge on any atom is 0.256 e. The summed E-state index contributed by atoms with van der Waals surface area (Å²) in [6.07, 6.45) is 3.29. The van der Waals surface area contributed by atoms with Gasteiger partial charge in [-0.2, -0.15) is 0 Å². The number of pyridine rings is 1. The molecule has 2 aromatic rings. The van der Waals surface area contributed by atoms with E-state index in [-0.39, 0.29) is 12.0 Å². The van der Waals surface area contributed by atoms with E-state index in [1.165, 1.54) is 0 Å². The van der Waals surface area contributed by atoms with Gasteiger partial charge in [0, 0.05) is 23.0 Å². The van der Waals surface area contributed by atoms with E-state index in [0.717, 1.165) is 28.7 Å². The lowest BCUT2D eigenvalue weighted by molar-refractivity contribution is -0.129. The first-order valence-electron chi connectivity index (χ1n) is 8.27. The highest BCUT2D eigenvalue weighted by atomic mass is 79.9. The van der Waals surface area contributed by atoms with Crippen LogP contribution < -0.4 is 4.90 Å². The maximum absolute atomic E-state index is 13.2. The number of rotatable bonds is 5. The number of amides is 1. The standard InChI is InChI=1S/C19H21BrN2O2/c1-2-14-10-12-24-18(14)19(23)22(13-16-5-3-4-11-21-16)17-8-6-15(20)7-9-17/h3-9,11,14,18H,2,10,12-13H2,1H3/t14-,18+/m1/s1. The number of carbonyl (C=O) groups is 1. The molecule has 126 valence electrons. The van der Waals surface area contributed by atoms with Gasteiger partial charge in [0.05, 0.1) is 12.2 Å². The van der Waals surface area contributed by atoms with Gasteiger partial charge in [-0.25, -0.2) is 0 Å². The molecule has 0 unspecified atom stereocenters. The molecule has 0 saturated carbocycles. The molecule has 1 fully saturated rings. The molecule has 3 rings (SSSR count). The average molecular weight is 389 g/mol. The zero-order valence-electron chi connectivity index (χ0n) is 13.7. The summed E-state index contributed by atoms with van der Waals surface area (Å²) in [5, 5.41) is 0. The molecule has 1 aromatic carbocycles. The number of nitrogens with zero attached hydrogens (tertiary/aromatic N) is 2. The van der Waals surface area contributed by atoms with Crippen LogP contribution in [0.15, 0.2) is 53.1 Å². The Kier molecular flexibility index (Phi) is 5.63. The van der Waals surface area contributed by atoms with Gasteiger partial charge in [0.1, 0.15) is 6.10 Å². The summed E-state index contributed by atoms with van der Waals surface area (Å²) in [5.74, 6) is 0.312. The second-order valence-electron chi connectivity index (χ2n) is 5.97. The van der Waals surface area contributed by atoms with Gasteiger partial charge >= 0.3 is 0 Å². The van der Waals surface area contributed by atoms with E-state index in [4.69, 9.17) is 4.74 Å². The number of ether oxygens (including phenoxy) is 1. The molecular formula is C19H21BrN2O2. The van der Waals surface area contributed by atoms with Gasteiger partial charge in [0.2, 0.25) is 0 Å². The number of aromatic nitrogens is 1. The van der Waals surface area contributed by atoms with Crippen LogP contribution in [0.2, 0.25) is 0 Å². The van der Waals surface area contributed by atoms with E-state index in [1.54, 1.807) is 11.1 Å². The number of carbonyl (C=O) groups excluding carboxylic acids is 1. The van der Waals surface area contributed by atoms with Crippen molar-refractivity contribution in [2.75, 3.05) is 11.5 Å². The minimum absolute atomic E-state index is 0.0207. The molecule has 1 saturated heterocycles. The first-order chi connectivity index (χ1) is 11.7. The Morgan fingerprint density at radius 1 is 1.29 bits per heavy atom. The molecule has 1 amide bonds. The van der Waals surface area contributed by atoms with Crippen LogP contribution >= 0.6 is 15.9 Å². The van der Waals surface area contributed by atoms with E-state index >= 15 is 0 Å². The number of benzene rings is 1. The molecule has 24 heavy (non-hydrogen) atoms. The van der Waals surface area contributed by atoms with Crippen molar-refractivity contribution in [3.05, 3.63) is 58.8 Å². The van der Waals surface area contributed by atoms with Crippen LogP contribution in [0.25, 0.3) is 0 Å². The van der Waals surface area contributed by atoms with Crippen molar-refractivity contribution in [2.24, 2.45) is 5.92 Å². The molecule has 0 N–H and O–H groups in total. The lowest BCUT2D eigenvalue weighted by Crippen LogP contribution is -2.41. The molecule has 4 nitrogen and oxygen atoms in total. The zero-order chi connectivity index (χ0) is 16.9. The second-order valence-corrected chi connectivity index (χ2v) is 6.89. The van der Waals surface area contributed by atoms with E-state index in [2.05, 4.69) is 27.8 Å². The van der Waals surface area contributed by atoms with Crippen LogP contribution in [0.5, 0.6) is 0 Å². The van der Waals surface area contributed by atoms with Crippen LogP contribution in [-0.2, 0) is 16.1 Å². The van der Waals surface area contributed by atoms with Gasteiger partial charge in [0.25, 0.3) is 5.91 Å². The van der Waals surface area contributed by atoms with Crippen LogP contribution in [0.3, 0.4) is 0 Å². The maximum atomic E-state index is 13.2. The molecule has 1 aliphatic heterocycles. The van der Waals surface area contributed by atoms with Gasteiger partial charge in [-0.15, -0.1) is 0 Å². The first-order valence-corrected chi connectivity index (χ1v) is 9.06. The first kappa shape index (κ1) is 17.1. The van der Waals surface area contributed by atoms with Crippen LogP contribution in [0.1, 0.15) is 25.5 Å². The monoisotopic (exact) mass is 388 g/mol. The highest BCUT2D eigenvalue weighted by Gasteiger charge is 2.36. The van der Waals surface area contributed by atoms with E-state index in [1.807, 2.05) is 42.5 Å². The third kappa shape index (κ3) is 3.84. The van der Waals surface area contributed by atoms with Crippen molar-refractivity contribution < 1.29 is 9.53 Å². The summed E-state index contributed by atoms with van der Waals surface area (Å²) in [5.41, 5.74) is 1.72. The summed E-state index contributed by atoms with van der Waals surface area (Å²) in [6.45, 7) is 3.21. The van der Waals surface area contributed by atoms with Crippen molar-refractivity contribution >= 4 is 27.5 Å². The molecule has 0 bridgehead atoms. The Balaban J connectivity index is 1.89. The van der Waals surface area contributed by atoms with Crippen LogP contribution in [-0.4, -0.2) is 23.6 Å². The van der Waals surface area contributed by atoms with Crippen molar-refractivity contribution in [2.45, 2.75) is 32.4 Å². The predicted octanol–water partition coefficient (Wildman–Crippen LogP) is 4.19. The molecule has 0 radical (unpaired) electrons. The topological polar surface area (TPSA) is 42.4 Å². The lowest BCUT2D eigenvalue weighted by Gasteiger charge is -2.27. The Morgan fingerprint density at radius 2 is 2.08 bits per heavy atom. The quantitative estimate of drug-likeness (QED) is 0.770. The average Bonchev–Trinajstić information content (AvgIpc) is 3.10. The van der Waals surface area contributed by atoms with Crippen molar-refractivity contribution in [3.8, 4) is 0 Å². The Hall–Kier alpha value is -1.72. The molecule has 5 heteroatoms. The van der Waals surface area contributed by atoms with E-state index < -0.39 is 0 Å². The summed E-state index contributed by atoms with van der Waals surface area (Å²) in [7, 11) is 0. The van der Waals surface area contributed by atoms with Gasteiger partial charge in [-0.3, -0.25) is 9.78 Å². The van der Waals surface area contributed by atoms with Crippen LogP contribution in [0, 0.1) is 5.92 Å². The Bertz CT molecular complexity index is 676. The Morgan fingerprint density at radius 3 is 2.75 bits per heavy atom. The van der Waals surface area contributed by atoms with E-state index in [9.17, 15) is 4.79 Å². The van der Waals surface area contributed by atoms with Crippen LogP contribution in [0.4, 0.5) is 5.69 Å². The van der Waals surface area contributed by atoms with Gasteiger partial charge in [-0.05, 0) is 48.7 Å². The summed E-state index contributed by atoms with van der Waals surface area (Å²) >= 11 is 3.44. The smallest absolute Gasteiger partial charge is 0.256 e. The molecule has 0 spiro atoms. The normalized spacial score (nSPS) is 20.1. The minimum Gasteiger partial charge on any atom is -0.368 e. The molecular weight excluding hydrogens is 368 g/mol. The van der Waals surface area contributed by atoms with Crippen molar-refractivity contribution in [3.63, 3.8) is 0 Å². The SMILES string of the molecule is CC[C@@H]1CCO[C@@H]1C(=O)N(Cc1ccccn1)c1ccc(Br)cc1. The van der Waals surface area contributed by atoms with Gasteiger partial charge in [0.15, 0.2) is 0 Å². The number of anilines is 1. The number of halogens is 1. The highest BCUT2D eigenvalue weighted by Crippen LogP contribution is 2.28. The predicted molar refractivity (Wildman–Crippen MR) is 97.7 cm³/mol. The van der Waals surface area contributed by atoms with Gasteiger partial charge < -0.3 is 9.64 Å². The molecule has 1 aromatic heterocycles. The molecule has 2 atom stereocenters. The third-order valence-corrected chi connectivity index (χ3v) is 4.96. The molecule has 0 aliphatic carbocycles.